The third-order valence-corrected chi connectivity index (χ3v) is 4.63. The molecule has 0 bridgehead atoms. The minimum Gasteiger partial charge on any atom is -0.366 e. The number of anilines is 1. The lowest BCUT2D eigenvalue weighted by molar-refractivity contribution is -0.144. The molecule has 0 saturated heterocycles. The number of thioether (sulfide) groups is 1. The largest absolute Gasteiger partial charge is 0.451 e. The molecule has 1 saturated carbocycles. The summed E-state index contributed by atoms with van der Waals surface area (Å²) < 4.78 is 37.9. The van der Waals surface area contributed by atoms with Crippen LogP contribution < -0.4 is 5.32 Å². The summed E-state index contributed by atoms with van der Waals surface area (Å²) in [5.74, 6) is -0.0719. The van der Waals surface area contributed by atoms with Gasteiger partial charge in [-0.15, -0.1) is 0 Å². The molecular formula is C12H15ClF3N3S. The van der Waals surface area contributed by atoms with E-state index < -0.39 is 12.0 Å². The Labute approximate surface area is 124 Å². The quantitative estimate of drug-likeness (QED) is 0.840. The molecule has 1 aromatic heterocycles. The van der Waals surface area contributed by atoms with Gasteiger partial charge in [-0.25, -0.2) is 9.97 Å². The predicted molar refractivity (Wildman–Crippen MR) is 75.2 cm³/mol. The molecule has 0 amide bonds. The molecular weight excluding hydrogens is 311 g/mol. The first kappa shape index (κ1) is 15.7. The molecule has 1 aliphatic carbocycles. The van der Waals surface area contributed by atoms with Crippen LogP contribution in [0.3, 0.4) is 0 Å². The first-order chi connectivity index (χ1) is 9.40. The van der Waals surface area contributed by atoms with Gasteiger partial charge in [0, 0.05) is 17.4 Å². The minimum absolute atomic E-state index is 0.131. The second-order valence-corrected chi connectivity index (χ2v) is 6.48. The van der Waals surface area contributed by atoms with Gasteiger partial charge in [0.15, 0.2) is 0 Å². The molecule has 1 aromatic rings. The monoisotopic (exact) mass is 325 g/mol. The van der Waals surface area contributed by atoms with Crippen LogP contribution >= 0.6 is 23.4 Å². The molecule has 1 aliphatic rings. The first-order valence-corrected chi connectivity index (χ1v) is 7.82. The Morgan fingerprint density at radius 3 is 2.80 bits per heavy atom. The van der Waals surface area contributed by atoms with Crippen LogP contribution in [0.15, 0.2) is 6.07 Å². The number of alkyl halides is 3. The van der Waals surface area contributed by atoms with Crippen molar-refractivity contribution < 1.29 is 13.2 Å². The second-order valence-electron chi connectivity index (χ2n) is 4.57. The maximum absolute atomic E-state index is 12.6. The van der Waals surface area contributed by atoms with Crippen LogP contribution in [0.4, 0.5) is 19.0 Å². The molecule has 3 nitrogen and oxygen atoms in total. The van der Waals surface area contributed by atoms with Crippen molar-refractivity contribution in [2.45, 2.75) is 43.7 Å². The number of rotatable bonds is 4. The zero-order chi connectivity index (χ0) is 14.8. The average molecular weight is 326 g/mol. The summed E-state index contributed by atoms with van der Waals surface area (Å²) in [5, 5.41) is 3.28. The van der Waals surface area contributed by atoms with E-state index in [1.54, 1.807) is 0 Å². The SMILES string of the molecule is CCSC1CCCC1Nc1cc(Cl)nc(C(F)(F)F)n1. The molecule has 20 heavy (non-hydrogen) atoms. The molecule has 1 heterocycles. The van der Waals surface area contributed by atoms with Crippen LogP contribution in [0.25, 0.3) is 0 Å². The Hall–Kier alpha value is -0.690. The van der Waals surface area contributed by atoms with Crippen molar-refractivity contribution in [3.63, 3.8) is 0 Å². The maximum Gasteiger partial charge on any atom is 0.451 e. The van der Waals surface area contributed by atoms with Crippen LogP contribution in [0.5, 0.6) is 0 Å². The van der Waals surface area contributed by atoms with E-state index in [0.29, 0.717) is 5.25 Å². The number of halogens is 4. The van der Waals surface area contributed by atoms with E-state index in [9.17, 15) is 13.2 Å². The third-order valence-electron chi connectivity index (χ3n) is 3.12. The summed E-state index contributed by atoms with van der Waals surface area (Å²) >= 11 is 7.46. The van der Waals surface area contributed by atoms with E-state index in [1.807, 2.05) is 11.8 Å². The molecule has 0 aliphatic heterocycles. The van der Waals surface area contributed by atoms with Gasteiger partial charge >= 0.3 is 6.18 Å². The lowest BCUT2D eigenvalue weighted by Crippen LogP contribution is -2.27. The van der Waals surface area contributed by atoms with E-state index in [4.69, 9.17) is 11.6 Å². The predicted octanol–water partition coefficient (Wildman–Crippen LogP) is 4.23. The van der Waals surface area contributed by atoms with Crippen LogP contribution in [-0.2, 0) is 6.18 Å². The Balaban J connectivity index is 2.15. The molecule has 8 heteroatoms. The van der Waals surface area contributed by atoms with Gasteiger partial charge in [0.05, 0.1) is 0 Å². The highest BCUT2D eigenvalue weighted by atomic mass is 35.5. The molecule has 0 spiro atoms. The summed E-state index contributed by atoms with van der Waals surface area (Å²) in [6.45, 7) is 2.07. The van der Waals surface area contributed by atoms with Gasteiger partial charge in [0.2, 0.25) is 5.82 Å². The van der Waals surface area contributed by atoms with E-state index in [0.717, 1.165) is 25.0 Å². The number of hydrogen-bond acceptors (Lipinski definition) is 4. The van der Waals surface area contributed by atoms with Gasteiger partial charge in [-0.05, 0) is 18.6 Å². The van der Waals surface area contributed by atoms with Gasteiger partial charge < -0.3 is 5.32 Å². The zero-order valence-corrected chi connectivity index (χ0v) is 12.4. The summed E-state index contributed by atoms with van der Waals surface area (Å²) in [6, 6.07) is 1.47. The van der Waals surface area contributed by atoms with Crippen LogP contribution in [-0.4, -0.2) is 27.0 Å². The number of hydrogen-bond donors (Lipinski definition) is 1. The number of nitrogens with zero attached hydrogens (tertiary/aromatic N) is 2. The van der Waals surface area contributed by atoms with Gasteiger partial charge in [-0.3, -0.25) is 0 Å². The van der Waals surface area contributed by atoms with Crippen molar-refractivity contribution in [3.8, 4) is 0 Å². The summed E-state index contributed by atoms with van der Waals surface area (Å²) in [4.78, 5) is 6.74. The lowest BCUT2D eigenvalue weighted by Gasteiger charge is -2.21. The normalized spacial score (nSPS) is 23.1. The summed E-state index contributed by atoms with van der Waals surface area (Å²) in [5.41, 5.74) is 0. The smallest absolute Gasteiger partial charge is 0.366 e. The molecule has 2 atom stereocenters. The molecule has 112 valence electrons. The summed E-state index contributed by atoms with van der Waals surface area (Å²) in [7, 11) is 0. The van der Waals surface area contributed by atoms with E-state index in [1.165, 1.54) is 6.07 Å². The Morgan fingerprint density at radius 1 is 1.40 bits per heavy atom. The van der Waals surface area contributed by atoms with Crippen LogP contribution in [0.1, 0.15) is 32.0 Å². The topological polar surface area (TPSA) is 37.8 Å². The van der Waals surface area contributed by atoms with Crippen LogP contribution in [0.2, 0.25) is 5.15 Å². The summed E-state index contributed by atoms with van der Waals surface area (Å²) in [6.07, 6.45) is -1.52. The van der Waals surface area contributed by atoms with E-state index in [-0.39, 0.29) is 17.0 Å². The molecule has 2 rings (SSSR count). The molecule has 1 N–H and O–H groups in total. The van der Waals surface area contributed by atoms with Crippen molar-refractivity contribution in [1.82, 2.24) is 9.97 Å². The third kappa shape index (κ3) is 3.91. The Kier molecular flexibility index (Phi) is 5.01. The van der Waals surface area contributed by atoms with E-state index >= 15 is 0 Å². The van der Waals surface area contributed by atoms with Crippen LogP contribution in [0, 0.1) is 0 Å². The minimum atomic E-state index is -4.59. The average Bonchev–Trinajstić information content (AvgIpc) is 2.75. The molecule has 1 fully saturated rings. The van der Waals surface area contributed by atoms with E-state index in [2.05, 4.69) is 22.2 Å². The molecule has 2 unspecified atom stereocenters. The Bertz CT molecular complexity index is 470. The maximum atomic E-state index is 12.6. The number of nitrogens with one attached hydrogen (secondary N) is 1. The lowest BCUT2D eigenvalue weighted by atomic mass is 10.2. The van der Waals surface area contributed by atoms with Crippen molar-refractivity contribution in [2.24, 2.45) is 0 Å². The number of aromatic nitrogens is 2. The second kappa shape index (κ2) is 6.39. The van der Waals surface area contributed by atoms with Crippen molar-refractivity contribution >= 4 is 29.2 Å². The fourth-order valence-electron chi connectivity index (χ4n) is 2.31. The van der Waals surface area contributed by atoms with Crippen molar-refractivity contribution in [3.05, 3.63) is 17.0 Å². The van der Waals surface area contributed by atoms with Gasteiger partial charge in [-0.1, -0.05) is 24.9 Å². The van der Waals surface area contributed by atoms with Gasteiger partial charge in [0.25, 0.3) is 0 Å². The highest BCUT2D eigenvalue weighted by molar-refractivity contribution is 7.99. The van der Waals surface area contributed by atoms with Gasteiger partial charge in [0.1, 0.15) is 11.0 Å². The highest BCUT2D eigenvalue weighted by Crippen LogP contribution is 2.33. The first-order valence-electron chi connectivity index (χ1n) is 6.40. The van der Waals surface area contributed by atoms with Gasteiger partial charge in [-0.2, -0.15) is 24.9 Å². The fourth-order valence-corrected chi connectivity index (χ4v) is 3.69. The highest BCUT2D eigenvalue weighted by Gasteiger charge is 2.36. The van der Waals surface area contributed by atoms with Crippen molar-refractivity contribution in [2.75, 3.05) is 11.1 Å². The molecule has 0 radical (unpaired) electrons. The Morgan fingerprint density at radius 2 is 2.15 bits per heavy atom. The fraction of sp³-hybridized carbons (Fsp3) is 0.667. The zero-order valence-electron chi connectivity index (χ0n) is 10.9. The molecule has 0 aromatic carbocycles. The van der Waals surface area contributed by atoms with Crippen molar-refractivity contribution in [1.29, 1.82) is 0 Å². The standard InChI is InChI=1S/C12H15ClF3N3S/c1-2-20-8-5-3-4-7(8)17-10-6-9(13)18-11(19-10)12(14,15)16/h6-8H,2-5H2,1H3,(H,17,18,19).